The normalized spacial score (nSPS) is 11.6. The van der Waals surface area contributed by atoms with Gasteiger partial charge in [-0.15, -0.1) is 0 Å². The van der Waals surface area contributed by atoms with E-state index in [1.54, 1.807) is 12.1 Å². The molecule has 3 nitrogen and oxygen atoms in total. The molecule has 0 saturated heterocycles. The molecule has 0 aromatic heterocycles. The molecule has 0 amide bonds. The number of benzene rings is 1. The van der Waals surface area contributed by atoms with Crippen molar-refractivity contribution in [2.24, 2.45) is 0 Å². The Bertz CT molecular complexity index is 430. The van der Waals surface area contributed by atoms with Crippen molar-refractivity contribution in [1.82, 2.24) is 0 Å². The summed E-state index contributed by atoms with van der Waals surface area (Å²) in [7, 11) is 3.00. The Balaban J connectivity index is 3.09. The van der Waals surface area contributed by atoms with Crippen LogP contribution in [-0.4, -0.2) is 20.0 Å². The lowest BCUT2D eigenvalue weighted by Crippen LogP contribution is -2.31. The summed E-state index contributed by atoms with van der Waals surface area (Å²) in [5.74, 6) is -1.33. The summed E-state index contributed by atoms with van der Waals surface area (Å²) in [6.07, 6.45) is 0.712. The molecule has 0 N–H and O–H groups in total. The number of carbonyl (C=O) groups is 1. The number of ketones is 1. The average molecular weight is 319 g/mol. The molecule has 0 radical (unpaired) electrons. The maximum atomic E-state index is 13.2. The highest BCUT2D eigenvalue weighted by molar-refractivity contribution is 9.10. The van der Waals surface area contributed by atoms with Crippen LogP contribution in [0.3, 0.4) is 0 Å². The van der Waals surface area contributed by atoms with Crippen LogP contribution >= 0.6 is 15.9 Å². The van der Waals surface area contributed by atoms with Gasteiger partial charge in [-0.1, -0.05) is 6.07 Å². The van der Waals surface area contributed by atoms with Crippen molar-refractivity contribution in [3.05, 3.63) is 34.1 Å². The Morgan fingerprint density at radius 1 is 1.39 bits per heavy atom. The van der Waals surface area contributed by atoms with Gasteiger partial charge in [-0.05, 0) is 35.0 Å². The molecule has 1 rings (SSSR count). The Labute approximate surface area is 114 Å². The summed E-state index contributed by atoms with van der Waals surface area (Å²) in [6, 6.07) is 4.52. The summed E-state index contributed by atoms with van der Waals surface area (Å²) in [6.45, 7) is 1.51. The lowest BCUT2D eigenvalue weighted by Gasteiger charge is -2.31. The topological polar surface area (TPSA) is 35.5 Å². The second-order valence-corrected chi connectivity index (χ2v) is 4.85. The Kier molecular flexibility index (Phi) is 5.44. The third-order valence-corrected chi connectivity index (χ3v) is 3.43. The smallest absolute Gasteiger partial charge is 0.194 e. The largest absolute Gasteiger partial charge is 0.349 e. The minimum absolute atomic E-state index is 0.0506. The zero-order valence-electron chi connectivity index (χ0n) is 10.6. The van der Waals surface area contributed by atoms with Crippen LogP contribution in [0.5, 0.6) is 0 Å². The first-order valence-electron chi connectivity index (χ1n) is 5.50. The van der Waals surface area contributed by atoms with Crippen LogP contribution in [0, 0.1) is 5.82 Å². The van der Waals surface area contributed by atoms with E-state index in [-0.39, 0.29) is 11.6 Å². The molecule has 1 aromatic carbocycles. The fourth-order valence-electron chi connectivity index (χ4n) is 1.74. The quantitative estimate of drug-likeness (QED) is 0.754. The lowest BCUT2D eigenvalue weighted by molar-refractivity contribution is -0.220. The number of Topliss-reactive ketones (excluding diaryl/α,β-unsaturated/α-hetero) is 1. The first-order valence-corrected chi connectivity index (χ1v) is 6.29. The van der Waals surface area contributed by atoms with Crippen molar-refractivity contribution in [2.45, 2.75) is 25.6 Å². The van der Waals surface area contributed by atoms with Gasteiger partial charge in [-0.3, -0.25) is 0 Å². The van der Waals surface area contributed by atoms with Gasteiger partial charge in [-0.2, -0.15) is 0 Å². The summed E-state index contributed by atoms with van der Waals surface area (Å²) in [4.78, 5) is 11.1. The standard InChI is InChI=1S/C13H16BrFO3/c1-9(16)6-7-13(17-2,18-3)10-4-5-12(15)11(14)8-10/h4-5,8H,6-7H2,1-3H3. The molecule has 0 heterocycles. The van der Waals surface area contributed by atoms with Crippen LogP contribution in [0.15, 0.2) is 22.7 Å². The fraction of sp³-hybridized carbons (Fsp3) is 0.462. The van der Waals surface area contributed by atoms with Gasteiger partial charge in [0.15, 0.2) is 5.79 Å². The van der Waals surface area contributed by atoms with E-state index in [1.807, 2.05) is 0 Å². The highest BCUT2D eigenvalue weighted by Gasteiger charge is 2.32. The van der Waals surface area contributed by atoms with Gasteiger partial charge in [0, 0.05) is 32.6 Å². The monoisotopic (exact) mass is 318 g/mol. The number of methoxy groups -OCH3 is 2. The predicted octanol–water partition coefficient (Wildman–Crippen LogP) is 3.40. The molecular formula is C13H16BrFO3. The van der Waals surface area contributed by atoms with Gasteiger partial charge in [-0.25, -0.2) is 4.39 Å². The van der Waals surface area contributed by atoms with Gasteiger partial charge >= 0.3 is 0 Å². The molecule has 0 aliphatic heterocycles. The molecular weight excluding hydrogens is 303 g/mol. The summed E-state index contributed by atoms with van der Waals surface area (Å²) >= 11 is 3.12. The van der Waals surface area contributed by atoms with Gasteiger partial charge in [0.2, 0.25) is 0 Å². The van der Waals surface area contributed by atoms with Crippen LogP contribution in [0.4, 0.5) is 4.39 Å². The van der Waals surface area contributed by atoms with Crippen LogP contribution in [0.1, 0.15) is 25.3 Å². The van der Waals surface area contributed by atoms with Crippen molar-refractivity contribution >= 4 is 21.7 Å². The fourth-order valence-corrected chi connectivity index (χ4v) is 2.12. The van der Waals surface area contributed by atoms with E-state index < -0.39 is 5.79 Å². The van der Waals surface area contributed by atoms with E-state index in [9.17, 15) is 9.18 Å². The van der Waals surface area contributed by atoms with Crippen LogP contribution in [0.2, 0.25) is 0 Å². The zero-order chi connectivity index (χ0) is 13.8. The van der Waals surface area contributed by atoms with Crippen LogP contribution < -0.4 is 0 Å². The Hall–Kier alpha value is -0.780. The minimum atomic E-state index is -1.03. The van der Waals surface area contributed by atoms with E-state index in [2.05, 4.69) is 15.9 Å². The maximum absolute atomic E-state index is 13.2. The summed E-state index contributed by atoms with van der Waals surface area (Å²) in [5.41, 5.74) is 0.669. The third-order valence-electron chi connectivity index (χ3n) is 2.83. The Morgan fingerprint density at radius 3 is 2.44 bits per heavy atom. The number of rotatable bonds is 6. The van der Waals surface area contributed by atoms with Crippen LogP contribution in [0.25, 0.3) is 0 Å². The maximum Gasteiger partial charge on any atom is 0.194 e. The van der Waals surface area contributed by atoms with E-state index in [0.29, 0.717) is 22.9 Å². The molecule has 0 spiro atoms. The van der Waals surface area contributed by atoms with E-state index in [0.717, 1.165) is 0 Å². The molecule has 0 atom stereocenters. The van der Waals surface area contributed by atoms with E-state index in [1.165, 1.54) is 27.2 Å². The molecule has 1 aromatic rings. The van der Waals surface area contributed by atoms with Gasteiger partial charge < -0.3 is 14.3 Å². The van der Waals surface area contributed by atoms with Crippen LogP contribution in [-0.2, 0) is 20.1 Å². The highest BCUT2D eigenvalue weighted by Crippen LogP contribution is 2.33. The van der Waals surface area contributed by atoms with E-state index in [4.69, 9.17) is 9.47 Å². The molecule has 5 heteroatoms. The first kappa shape index (κ1) is 15.3. The SMILES string of the molecule is COC(CCC(C)=O)(OC)c1ccc(F)c(Br)c1. The minimum Gasteiger partial charge on any atom is -0.349 e. The molecule has 0 aliphatic carbocycles. The van der Waals surface area contributed by atoms with Gasteiger partial charge in [0.05, 0.1) is 4.47 Å². The lowest BCUT2D eigenvalue weighted by atomic mass is 9.99. The number of hydrogen-bond donors (Lipinski definition) is 0. The number of ether oxygens (including phenoxy) is 2. The summed E-state index contributed by atoms with van der Waals surface area (Å²) < 4.78 is 24.4. The summed E-state index contributed by atoms with van der Waals surface area (Å²) in [5, 5.41) is 0. The molecule has 0 unspecified atom stereocenters. The number of halogens is 2. The average Bonchev–Trinajstić information content (AvgIpc) is 2.35. The second-order valence-electron chi connectivity index (χ2n) is 3.99. The van der Waals surface area contributed by atoms with Crippen molar-refractivity contribution in [3.63, 3.8) is 0 Å². The first-order chi connectivity index (χ1) is 8.45. The van der Waals surface area contributed by atoms with Gasteiger partial charge in [0.25, 0.3) is 0 Å². The van der Waals surface area contributed by atoms with Crippen molar-refractivity contribution in [1.29, 1.82) is 0 Å². The number of carbonyl (C=O) groups excluding carboxylic acids is 1. The van der Waals surface area contributed by atoms with Crippen molar-refractivity contribution < 1.29 is 18.7 Å². The van der Waals surface area contributed by atoms with Crippen molar-refractivity contribution in [3.8, 4) is 0 Å². The molecule has 0 fully saturated rings. The molecule has 0 saturated carbocycles. The Morgan fingerprint density at radius 2 is 2.00 bits per heavy atom. The van der Waals surface area contributed by atoms with Gasteiger partial charge in [0.1, 0.15) is 11.6 Å². The highest BCUT2D eigenvalue weighted by atomic mass is 79.9. The molecule has 100 valence electrons. The van der Waals surface area contributed by atoms with E-state index >= 15 is 0 Å². The number of hydrogen-bond acceptors (Lipinski definition) is 3. The molecule has 18 heavy (non-hydrogen) atoms. The molecule has 0 bridgehead atoms. The zero-order valence-corrected chi connectivity index (χ0v) is 12.2. The molecule has 0 aliphatic rings. The van der Waals surface area contributed by atoms with Crippen molar-refractivity contribution in [2.75, 3.05) is 14.2 Å². The predicted molar refractivity (Wildman–Crippen MR) is 69.7 cm³/mol. The second kappa shape index (κ2) is 6.41. The third kappa shape index (κ3) is 3.37.